The smallest absolute Gasteiger partial charge is 0.358 e. The van der Waals surface area contributed by atoms with Crippen LogP contribution in [0, 0.1) is 25.1 Å². The highest BCUT2D eigenvalue weighted by Gasteiger charge is 2.28. The van der Waals surface area contributed by atoms with Gasteiger partial charge in [-0.2, -0.15) is 5.26 Å². The minimum Gasteiger partial charge on any atom is -0.358 e. The Morgan fingerprint density at radius 1 is 1.69 bits per heavy atom. The monoisotopic (exact) mass is 339 g/mol. The Labute approximate surface area is 102 Å². The van der Waals surface area contributed by atoms with Gasteiger partial charge in [0.1, 0.15) is 5.56 Å². The van der Waals surface area contributed by atoms with Crippen molar-refractivity contribution < 1.29 is 13.7 Å². The molecule has 0 bridgehead atoms. The molecule has 84 valence electrons. The standard InChI is InChI=1S/C8H4F2IN3O2/c9-7(10)6-4(1-2-12)3-5(11)13-8(6)14(15)16/h3,7H,1H2. The third kappa shape index (κ3) is 2.60. The molecule has 0 aliphatic heterocycles. The lowest BCUT2D eigenvalue weighted by atomic mass is 10.1. The van der Waals surface area contributed by atoms with Crippen LogP contribution < -0.4 is 0 Å². The second kappa shape index (κ2) is 5.11. The van der Waals surface area contributed by atoms with Gasteiger partial charge in [-0.25, -0.2) is 8.78 Å². The molecule has 0 spiro atoms. The second-order valence-corrected chi connectivity index (χ2v) is 3.84. The van der Waals surface area contributed by atoms with Crippen LogP contribution in [0.15, 0.2) is 6.07 Å². The number of hydrogen-bond donors (Lipinski definition) is 0. The molecule has 0 atom stereocenters. The first kappa shape index (κ1) is 12.7. The minimum atomic E-state index is -3.02. The molecule has 0 saturated carbocycles. The summed E-state index contributed by atoms with van der Waals surface area (Å²) in [6, 6.07) is 2.93. The van der Waals surface area contributed by atoms with Gasteiger partial charge in [-0.15, -0.1) is 0 Å². The molecule has 0 N–H and O–H groups in total. The molecule has 16 heavy (non-hydrogen) atoms. The fourth-order valence-electron chi connectivity index (χ4n) is 1.17. The molecular formula is C8H4F2IN3O2. The topological polar surface area (TPSA) is 79.8 Å². The predicted octanol–water partition coefficient (Wildman–Crippen LogP) is 2.60. The minimum absolute atomic E-state index is 0.0522. The van der Waals surface area contributed by atoms with E-state index in [1.165, 1.54) is 6.07 Å². The zero-order valence-corrected chi connectivity index (χ0v) is 9.81. The summed E-state index contributed by atoms with van der Waals surface area (Å²) in [6.07, 6.45) is -3.33. The Morgan fingerprint density at radius 3 is 2.75 bits per heavy atom. The Hall–Kier alpha value is -1.37. The van der Waals surface area contributed by atoms with Gasteiger partial charge >= 0.3 is 5.82 Å². The van der Waals surface area contributed by atoms with Gasteiger partial charge < -0.3 is 10.1 Å². The lowest BCUT2D eigenvalue weighted by Gasteiger charge is -2.05. The van der Waals surface area contributed by atoms with Crippen molar-refractivity contribution in [2.75, 3.05) is 0 Å². The lowest BCUT2D eigenvalue weighted by molar-refractivity contribution is -0.391. The number of halogens is 3. The van der Waals surface area contributed by atoms with E-state index in [-0.39, 0.29) is 15.7 Å². The number of nitrogens with zero attached hydrogens (tertiary/aromatic N) is 3. The summed E-state index contributed by atoms with van der Waals surface area (Å²) in [5.41, 5.74) is -0.824. The molecule has 0 aromatic carbocycles. The van der Waals surface area contributed by atoms with Crippen molar-refractivity contribution in [1.82, 2.24) is 4.98 Å². The number of aromatic nitrogens is 1. The maximum Gasteiger partial charge on any atom is 0.373 e. The number of rotatable bonds is 3. The largest absolute Gasteiger partial charge is 0.373 e. The molecule has 0 fully saturated rings. The summed E-state index contributed by atoms with van der Waals surface area (Å²) in [7, 11) is 0. The van der Waals surface area contributed by atoms with Gasteiger partial charge in [0.2, 0.25) is 3.70 Å². The van der Waals surface area contributed by atoms with Crippen LogP contribution in [-0.2, 0) is 6.42 Å². The summed E-state index contributed by atoms with van der Waals surface area (Å²) < 4.78 is 25.5. The van der Waals surface area contributed by atoms with Gasteiger partial charge in [-0.1, -0.05) is 0 Å². The highest BCUT2D eigenvalue weighted by molar-refractivity contribution is 14.1. The van der Waals surface area contributed by atoms with Crippen LogP contribution in [-0.4, -0.2) is 9.91 Å². The molecule has 1 rings (SSSR count). The van der Waals surface area contributed by atoms with Gasteiger partial charge in [0.05, 0.1) is 12.5 Å². The van der Waals surface area contributed by atoms with Crippen molar-refractivity contribution in [1.29, 1.82) is 5.26 Å². The van der Waals surface area contributed by atoms with Crippen LogP contribution in [0.3, 0.4) is 0 Å². The first-order valence-electron chi connectivity index (χ1n) is 3.96. The lowest BCUT2D eigenvalue weighted by Crippen LogP contribution is -2.05. The van der Waals surface area contributed by atoms with Crippen molar-refractivity contribution in [3.05, 3.63) is 31.0 Å². The van der Waals surface area contributed by atoms with E-state index >= 15 is 0 Å². The van der Waals surface area contributed by atoms with E-state index in [1.807, 2.05) is 0 Å². The zero-order chi connectivity index (χ0) is 12.3. The Kier molecular flexibility index (Phi) is 4.05. The predicted molar refractivity (Wildman–Crippen MR) is 57.9 cm³/mol. The molecule has 0 amide bonds. The van der Waals surface area contributed by atoms with Gasteiger partial charge in [0.25, 0.3) is 6.43 Å². The normalized spacial score (nSPS) is 10.2. The fourth-order valence-corrected chi connectivity index (χ4v) is 1.77. The van der Waals surface area contributed by atoms with E-state index in [9.17, 15) is 18.9 Å². The highest BCUT2D eigenvalue weighted by atomic mass is 127. The summed E-state index contributed by atoms with van der Waals surface area (Å²) in [5, 5.41) is 19.0. The van der Waals surface area contributed by atoms with Crippen LogP contribution in [0.1, 0.15) is 17.6 Å². The molecule has 0 unspecified atom stereocenters. The molecule has 0 aliphatic carbocycles. The first-order chi connectivity index (χ1) is 7.47. The maximum atomic E-state index is 12.6. The number of nitro groups is 1. The molecule has 5 nitrogen and oxygen atoms in total. The van der Waals surface area contributed by atoms with Crippen LogP contribution in [0.5, 0.6) is 0 Å². The average molecular weight is 339 g/mol. The zero-order valence-electron chi connectivity index (χ0n) is 7.65. The third-order valence-electron chi connectivity index (χ3n) is 1.75. The van der Waals surface area contributed by atoms with E-state index in [1.54, 1.807) is 28.7 Å². The van der Waals surface area contributed by atoms with Crippen molar-refractivity contribution in [3.63, 3.8) is 0 Å². The van der Waals surface area contributed by atoms with Crippen LogP contribution in [0.4, 0.5) is 14.6 Å². The quantitative estimate of drug-likeness (QED) is 0.367. The number of alkyl halides is 2. The van der Waals surface area contributed by atoms with Gasteiger partial charge in [0, 0.05) is 28.7 Å². The molecule has 0 radical (unpaired) electrons. The van der Waals surface area contributed by atoms with Crippen LogP contribution >= 0.6 is 22.6 Å². The maximum absolute atomic E-state index is 12.6. The van der Waals surface area contributed by atoms with Gasteiger partial charge in [-0.3, -0.25) is 0 Å². The summed E-state index contributed by atoms with van der Waals surface area (Å²) in [6.45, 7) is 0. The van der Waals surface area contributed by atoms with E-state index in [0.29, 0.717) is 0 Å². The molecule has 1 aromatic rings. The highest BCUT2D eigenvalue weighted by Crippen LogP contribution is 2.31. The third-order valence-corrected chi connectivity index (χ3v) is 2.31. The number of hydrogen-bond acceptors (Lipinski definition) is 4. The Balaban J connectivity index is 3.48. The summed E-state index contributed by atoms with van der Waals surface area (Å²) >= 11 is 1.67. The molecule has 0 saturated heterocycles. The fraction of sp³-hybridized carbons (Fsp3) is 0.250. The molecule has 0 aliphatic rings. The Bertz CT molecular complexity index is 473. The van der Waals surface area contributed by atoms with Crippen molar-refractivity contribution >= 4 is 28.4 Å². The second-order valence-electron chi connectivity index (χ2n) is 2.73. The van der Waals surface area contributed by atoms with Crippen LogP contribution in [0.2, 0.25) is 0 Å². The number of pyridine rings is 1. The summed E-state index contributed by atoms with van der Waals surface area (Å²) in [4.78, 5) is 13.0. The Morgan fingerprint density at radius 2 is 2.31 bits per heavy atom. The molecule has 1 heterocycles. The van der Waals surface area contributed by atoms with E-state index in [0.717, 1.165) is 0 Å². The summed E-state index contributed by atoms with van der Waals surface area (Å²) in [5.74, 6) is -0.882. The molecule has 1 aromatic heterocycles. The molecular weight excluding hydrogens is 335 g/mol. The molecule has 8 heteroatoms. The van der Waals surface area contributed by atoms with Gasteiger partial charge in [0.15, 0.2) is 0 Å². The SMILES string of the molecule is N#CCc1cc(I)nc([N+](=O)[O-])c1C(F)F. The van der Waals surface area contributed by atoms with E-state index in [2.05, 4.69) is 4.98 Å². The van der Waals surface area contributed by atoms with Crippen LogP contribution in [0.25, 0.3) is 0 Å². The van der Waals surface area contributed by atoms with Gasteiger partial charge in [-0.05, 0) is 15.5 Å². The van der Waals surface area contributed by atoms with E-state index < -0.39 is 22.7 Å². The van der Waals surface area contributed by atoms with Crippen molar-refractivity contribution in [3.8, 4) is 6.07 Å². The van der Waals surface area contributed by atoms with E-state index in [4.69, 9.17) is 5.26 Å². The van der Waals surface area contributed by atoms with Crippen molar-refractivity contribution in [2.24, 2.45) is 0 Å². The number of nitriles is 1. The average Bonchev–Trinajstić information content (AvgIpc) is 2.16. The first-order valence-corrected chi connectivity index (χ1v) is 5.04. The van der Waals surface area contributed by atoms with Crippen molar-refractivity contribution in [2.45, 2.75) is 12.8 Å².